The van der Waals surface area contributed by atoms with Gasteiger partial charge >= 0.3 is 0 Å². The van der Waals surface area contributed by atoms with Crippen molar-refractivity contribution in [2.45, 2.75) is 12.5 Å². The third kappa shape index (κ3) is 4.51. The van der Waals surface area contributed by atoms with Crippen molar-refractivity contribution in [3.63, 3.8) is 0 Å². The number of halogens is 1. The van der Waals surface area contributed by atoms with Crippen molar-refractivity contribution >= 4 is 23.4 Å². The summed E-state index contributed by atoms with van der Waals surface area (Å²) in [6.45, 7) is 1.77. The zero-order valence-electron chi connectivity index (χ0n) is 14.9. The largest absolute Gasteiger partial charge is 0.383 e. The van der Waals surface area contributed by atoms with Gasteiger partial charge in [0.25, 0.3) is 0 Å². The molecule has 0 unspecified atom stereocenters. The van der Waals surface area contributed by atoms with Crippen LogP contribution in [0.1, 0.15) is 18.0 Å². The highest BCUT2D eigenvalue weighted by atomic mass is 35.5. The van der Waals surface area contributed by atoms with E-state index in [2.05, 4.69) is 0 Å². The first-order valence-corrected chi connectivity index (χ1v) is 8.65. The van der Waals surface area contributed by atoms with Crippen LogP contribution in [0.2, 0.25) is 5.02 Å². The fourth-order valence-corrected chi connectivity index (χ4v) is 3.43. The summed E-state index contributed by atoms with van der Waals surface area (Å²) >= 11 is 6.37. The first kappa shape index (κ1) is 19.7. The van der Waals surface area contributed by atoms with Gasteiger partial charge in [-0.3, -0.25) is 9.59 Å². The second-order valence-electron chi connectivity index (χ2n) is 6.11. The third-order valence-corrected chi connectivity index (χ3v) is 4.86. The monoisotopic (exact) mass is 368 g/mol. The standard InChI is InChI=1S/C18H25ClN2O4/c1-20(8-10-24-2)18(23)14-12-16(22)21(9-11-25-3)17(14)13-6-4-5-7-15(13)19/h4-7,14,17H,8-12H2,1-3H3/t14-,17+/m1/s1. The molecule has 7 heteroatoms. The summed E-state index contributed by atoms with van der Waals surface area (Å²) < 4.78 is 10.2. The molecular weight excluding hydrogens is 344 g/mol. The Balaban J connectivity index is 2.32. The molecule has 1 aliphatic heterocycles. The normalized spacial score (nSPS) is 20.2. The molecule has 25 heavy (non-hydrogen) atoms. The lowest BCUT2D eigenvalue weighted by atomic mass is 9.92. The Morgan fingerprint density at radius 1 is 1.28 bits per heavy atom. The van der Waals surface area contributed by atoms with Crippen LogP contribution in [0.25, 0.3) is 0 Å². The number of nitrogens with zero attached hydrogens (tertiary/aromatic N) is 2. The van der Waals surface area contributed by atoms with E-state index in [9.17, 15) is 9.59 Å². The van der Waals surface area contributed by atoms with Gasteiger partial charge in [0.05, 0.1) is 25.2 Å². The number of carbonyl (C=O) groups is 2. The molecule has 2 atom stereocenters. The van der Waals surface area contributed by atoms with Crippen molar-refractivity contribution in [2.75, 3.05) is 47.6 Å². The van der Waals surface area contributed by atoms with E-state index in [0.717, 1.165) is 5.56 Å². The maximum absolute atomic E-state index is 12.9. The first-order chi connectivity index (χ1) is 12.0. The van der Waals surface area contributed by atoms with E-state index in [4.69, 9.17) is 21.1 Å². The molecule has 1 saturated heterocycles. The van der Waals surface area contributed by atoms with Crippen LogP contribution in [0, 0.1) is 5.92 Å². The summed E-state index contributed by atoms with van der Waals surface area (Å²) in [5.74, 6) is -0.596. The molecule has 1 heterocycles. The number of likely N-dealkylation sites (N-methyl/N-ethyl adjacent to an activating group) is 1. The quantitative estimate of drug-likeness (QED) is 0.704. The van der Waals surface area contributed by atoms with Gasteiger partial charge < -0.3 is 19.3 Å². The summed E-state index contributed by atoms with van der Waals surface area (Å²) in [5.41, 5.74) is 0.796. The predicted octanol–water partition coefficient (Wildman–Crippen LogP) is 1.98. The SMILES string of the molecule is COCCN(C)C(=O)[C@@H]1CC(=O)N(CCOC)[C@H]1c1ccccc1Cl. The predicted molar refractivity (Wildman–Crippen MR) is 95.4 cm³/mol. The van der Waals surface area contributed by atoms with Gasteiger partial charge in [-0.1, -0.05) is 29.8 Å². The fourth-order valence-electron chi connectivity index (χ4n) is 3.19. The van der Waals surface area contributed by atoms with Gasteiger partial charge in [-0.15, -0.1) is 0 Å². The minimum Gasteiger partial charge on any atom is -0.383 e. The zero-order valence-corrected chi connectivity index (χ0v) is 15.7. The molecule has 1 aromatic rings. The number of amides is 2. The number of carbonyl (C=O) groups excluding carboxylic acids is 2. The molecule has 1 aromatic carbocycles. The molecule has 0 spiro atoms. The Labute approximate surface area is 153 Å². The lowest BCUT2D eigenvalue weighted by molar-refractivity contribution is -0.135. The van der Waals surface area contributed by atoms with E-state index in [-0.39, 0.29) is 24.3 Å². The van der Waals surface area contributed by atoms with Gasteiger partial charge in [-0.25, -0.2) is 0 Å². The molecule has 0 bridgehead atoms. The second kappa shape index (κ2) is 9.17. The summed E-state index contributed by atoms with van der Waals surface area (Å²) in [4.78, 5) is 28.8. The smallest absolute Gasteiger partial charge is 0.228 e. The lowest BCUT2D eigenvalue weighted by Gasteiger charge is -2.30. The average Bonchev–Trinajstić information content (AvgIpc) is 2.93. The van der Waals surface area contributed by atoms with E-state index < -0.39 is 5.92 Å². The number of likely N-dealkylation sites (tertiary alicyclic amines) is 1. The highest BCUT2D eigenvalue weighted by molar-refractivity contribution is 6.31. The van der Waals surface area contributed by atoms with Crippen molar-refractivity contribution in [1.29, 1.82) is 0 Å². The maximum atomic E-state index is 12.9. The molecule has 2 amide bonds. The van der Waals surface area contributed by atoms with E-state index in [1.165, 1.54) is 0 Å². The van der Waals surface area contributed by atoms with Gasteiger partial charge in [0.15, 0.2) is 0 Å². The molecular formula is C18H25ClN2O4. The summed E-state index contributed by atoms with van der Waals surface area (Å²) in [5, 5.41) is 0.557. The Bertz CT molecular complexity index is 610. The topological polar surface area (TPSA) is 59.1 Å². The molecule has 2 rings (SSSR count). The van der Waals surface area contributed by atoms with E-state index in [1.807, 2.05) is 18.2 Å². The molecule has 6 nitrogen and oxygen atoms in total. The van der Waals surface area contributed by atoms with Gasteiger partial charge in [0.2, 0.25) is 11.8 Å². The van der Waals surface area contributed by atoms with Crippen LogP contribution in [0.15, 0.2) is 24.3 Å². The molecule has 0 aromatic heterocycles. The van der Waals surface area contributed by atoms with E-state index in [1.54, 1.807) is 37.1 Å². The van der Waals surface area contributed by atoms with Gasteiger partial charge in [0, 0.05) is 45.8 Å². The minimum absolute atomic E-state index is 0.0551. The van der Waals surface area contributed by atoms with Crippen LogP contribution in [0.4, 0.5) is 0 Å². The third-order valence-electron chi connectivity index (χ3n) is 4.52. The number of benzene rings is 1. The lowest BCUT2D eigenvalue weighted by Crippen LogP contribution is -2.39. The van der Waals surface area contributed by atoms with Crippen molar-refractivity contribution < 1.29 is 19.1 Å². The second-order valence-corrected chi connectivity index (χ2v) is 6.52. The zero-order chi connectivity index (χ0) is 18.4. The van der Waals surface area contributed by atoms with Gasteiger partial charge in [-0.05, 0) is 11.6 Å². The molecule has 0 radical (unpaired) electrons. The van der Waals surface area contributed by atoms with Crippen LogP contribution < -0.4 is 0 Å². The number of hydrogen-bond acceptors (Lipinski definition) is 4. The minimum atomic E-state index is -0.467. The van der Waals surface area contributed by atoms with Crippen molar-refractivity contribution in [3.05, 3.63) is 34.9 Å². The van der Waals surface area contributed by atoms with Crippen LogP contribution in [0.3, 0.4) is 0 Å². The Morgan fingerprint density at radius 3 is 2.60 bits per heavy atom. The maximum Gasteiger partial charge on any atom is 0.228 e. The van der Waals surface area contributed by atoms with Gasteiger partial charge in [-0.2, -0.15) is 0 Å². The molecule has 0 aliphatic carbocycles. The molecule has 1 aliphatic rings. The summed E-state index contributed by atoms with van der Waals surface area (Å²) in [6.07, 6.45) is 0.176. The van der Waals surface area contributed by atoms with Crippen LogP contribution in [0.5, 0.6) is 0 Å². The first-order valence-electron chi connectivity index (χ1n) is 8.28. The van der Waals surface area contributed by atoms with Crippen molar-refractivity contribution in [3.8, 4) is 0 Å². The van der Waals surface area contributed by atoms with Crippen molar-refractivity contribution in [2.24, 2.45) is 5.92 Å². The average molecular weight is 369 g/mol. The number of rotatable bonds is 8. The molecule has 0 N–H and O–H groups in total. The van der Waals surface area contributed by atoms with Gasteiger partial charge in [0.1, 0.15) is 0 Å². The number of methoxy groups -OCH3 is 2. The highest BCUT2D eigenvalue weighted by Gasteiger charge is 2.45. The van der Waals surface area contributed by atoms with E-state index in [0.29, 0.717) is 31.3 Å². The number of ether oxygens (including phenoxy) is 2. The highest BCUT2D eigenvalue weighted by Crippen LogP contribution is 2.41. The fraction of sp³-hybridized carbons (Fsp3) is 0.556. The molecule has 0 saturated carbocycles. The van der Waals surface area contributed by atoms with Crippen LogP contribution >= 0.6 is 11.6 Å². The van der Waals surface area contributed by atoms with Crippen molar-refractivity contribution in [1.82, 2.24) is 9.80 Å². The summed E-state index contributed by atoms with van der Waals surface area (Å²) in [6, 6.07) is 6.98. The van der Waals surface area contributed by atoms with Crippen LogP contribution in [-0.2, 0) is 19.1 Å². The molecule has 1 fully saturated rings. The number of hydrogen-bond donors (Lipinski definition) is 0. The summed E-state index contributed by atoms with van der Waals surface area (Å²) in [7, 11) is 4.91. The van der Waals surface area contributed by atoms with Crippen LogP contribution in [-0.4, -0.2) is 69.2 Å². The Kier molecular flexibility index (Phi) is 7.23. The Morgan fingerprint density at radius 2 is 1.96 bits per heavy atom. The Hall–Kier alpha value is -1.63. The van der Waals surface area contributed by atoms with E-state index >= 15 is 0 Å². The molecule has 138 valence electrons.